The molecule has 2 aromatic carbocycles. The van der Waals surface area contributed by atoms with Crippen LogP contribution in [-0.2, 0) is 0 Å². The molecule has 0 aliphatic carbocycles. The molecule has 0 unspecified atom stereocenters. The van der Waals surface area contributed by atoms with Crippen LogP contribution in [0.3, 0.4) is 0 Å². The predicted molar refractivity (Wildman–Crippen MR) is 76.1 cm³/mol. The molecular weight excluding hydrogens is 276 g/mol. The Morgan fingerprint density at radius 1 is 1.00 bits per heavy atom. The van der Waals surface area contributed by atoms with Crippen LogP contribution in [0.5, 0.6) is 11.5 Å². The Labute approximate surface area is 121 Å². The van der Waals surface area contributed by atoms with Gasteiger partial charge in [0.1, 0.15) is 30.3 Å². The van der Waals surface area contributed by atoms with Crippen LogP contribution in [0.4, 0.5) is 0 Å². The maximum Gasteiger partial charge on any atom is 0.340 e. The van der Waals surface area contributed by atoms with E-state index in [1.165, 1.54) is 0 Å². The van der Waals surface area contributed by atoms with Crippen molar-refractivity contribution in [2.24, 2.45) is 0 Å². The van der Waals surface area contributed by atoms with Crippen LogP contribution in [0.2, 0.25) is 0 Å². The van der Waals surface area contributed by atoms with Crippen LogP contribution in [0.25, 0.3) is 10.8 Å². The molecule has 0 spiro atoms. The zero-order chi connectivity index (χ0) is 15.2. The van der Waals surface area contributed by atoms with Crippen molar-refractivity contribution in [1.29, 1.82) is 0 Å². The van der Waals surface area contributed by atoms with Gasteiger partial charge in [0, 0.05) is 5.39 Å². The fourth-order valence-electron chi connectivity index (χ4n) is 2.03. The summed E-state index contributed by atoms with van der Waals surface area (Å²) in [6.07, 6.45) is 0. The van der Waals surface area contributed by atoms with E-state index in [-0.39, 0.29) is 37.7 Å². The molecule has 0 atom stereocenters. The zero-order valence-corrected chi connectivity index (χ0v) is 11.3. The summed E-state index contributed by atoms with van der Waals surface area (Å²) in [5.74, 6) is -0.449. The van der Waals surface area contributed by atoms with Crippen LogP contribution >= 0.6 is 0 Å². The van der Waals surface area contributed by atoms with E-state index in [1.807, 2.05) is 0 Å². The van der Waals surface area contributed by atoms with Gasteiger partial charge in [-0.15, -0.1) is 0 Å². The van der Waals surface area contributed by atoms with Gasteiger partial charge in [0.05, 0.1) is 13.2 Å². The molecule has 112 valence electrons. The van der Waals surface area contributed by atoms with Gasteiger partial charge in [0.25, 0.3) is 0 Å². The van der Waals surface area contributed by atoms with Gasteiger partial charge < -0.3 is 24.8 Å². The number of aromatic carboxylic acids is 1. The number of fused-ring (bicyclic) bond motifs is 1. The van der Waals surface area contributed by atoms with Gasteiger partial charge in [0.2, 0.25) is 0 Å². The number of carboxylic acids is 1. The molecule has 2 aromatic rings. The Bertz CT molecular complexity index is 632. The Balaban J connectivity index is 2.51. The van der Waals surface area contributed by atoms with Crippen molar-refractivity contribution in [1.82, 2.24) is 0 Å². The molecule has 0 heterocycles. The summed E-state index contributed by atoms with van der Waals surface area (Å²) in [5.41, 5.74) is 0.0235. The first-order valence-electron chi connectivity index (χ1n) is 6.44. The number of ether oxygens (including phenoxy) is 2. The lowest BCUT2D eigenvalue weighted by molar-refractivity contribution is 0.0693. The van der Waals surface area contributed by atoms with Crippen LogP contribution in [-0.4, -0.2) is 47.7 Å². The lowest BCUT2D eigenvalue weighted by atomic mass is 10.0. The minimum atomic E-state index is -1.12. The summed E-state index contributed by atoms with van der Waals surface area (Å²) >= 11 is 0. The molecule has 6 heteroatoms. The highest BCUT2D eigenvalue weighted by Crippen LogP contribution is 2.31. The Kier molecular flexibility index (Phi) is 4.97. The number of benzene rings is 2. The lowest BCUT2D eigenvalue weighted by Crippen LogP contribution is -2.08. The molecule has 0 fully saturated rings. The molecule has 0 bridgehead atoms. The normalized spacial score (nSPS) is 10.6. The number of hydrogen-bond acceptors (Lipinski definition) is 5. The van der Waals surface area contributed by atoms with Crippen molar-refractivity contribution in [2.75, 3.05) is 26.4 Å². The van der Waals surface area contributed by atoms with Crippen molar-refractivity contribution < 1.29 is 29.6 Å². The summed E-state index contributed by atoms with van der Waals surface area (Å²) in [7, 11) is 0. The highest BCUT2D eigenvalue weighted by atomic mass is 16.5. The third kappa shape index (κ3) is 3.42. The van der Waals surface area contributed by atoms with Gasteiger partial charge in [-0.25, -0.2) is 4.79 Å². The first-order chi connectivity index (χ1) is 10.2. The number of aliphatic hydroxyl groups excluding tert-OH is 2. The molecule has 21 heavy (non-hydrogen) atoms. The van der Waals surface area contributed by atoms with E-state index >= 15 is 0 Å². The second kappa shape index (κ2) is 6.92. The molecular formula is C15H16O6. The fourth-order valence-corrected chi connectivity index (χ4v) is 2.03. The number of hydrogen-bond donors (Lipinski definition) is 3. The third-order valence-electron chi connectivity index (χ3n) is 2.88. The van der Waals surface area contributed by atoms with Crippen molar-refractivity contribution in [2.45, 2.75) is 0 Å². The van der Waals surface area contributed by atoms with Crippen LogP contribution < -0.4 is 9.47 Å². The number of aliphatic hydroxyl groups is 2. The minimum Gasteiger partial charge on any atom is -0.491 e. The van der Waals surface area contributed by atoms with Crippen LogP contribution in [0, 0.1) is 0 Å². The minimum absolute atomic E-state index is 0.0203. The second-order valence-corrected chi connectivity index (χ2v) is 4.27. The third-order valence-corrected chi connectivity index (χ3v) is 2.88. The van der Waals surface area contributed by atoms with Gasteiger partial charge >= 0.3 is 5.97 Å². The van der Waals surface area contributed by atoms with E-state index < -0.39 is 5.97 Å². The monoisotopic (exact) mass is 292 g/mol. The quantitative estimate of drug-likeness (QED) is 0.711. The first kappa shape index (κ1) is 15.1. The maximum absolute atomic E-state index is 11.5. The maximum atomic E-state index is 11.5. The van der Waals surface area contributed by atoms with E-state index in [4.69, 9.17) is 19.7 Å². The smallest absolute Gasteiger partial charge is 0.340 e. The van der Waals surface area contributed by atoms with Gasteiger partial charge in [-0.1, -0.05) is 12.1 Å². The Morgan fingerprint density at radius 3 is 2.33 bits per heavy atom. The topological polar surface area (TPSA) is 96.2 Å². The molecule has 0 aliphatic rings. The van der Waals surface area contributed by atoms with Crippen molar-refractivity contribution in [3.63, 3.8) is 0 Å². The fraction of sp³-hybridized carbons (Fsp3) is 0.267. The SMILES string of the molecule is O=C(O)c1c(OCCO)ccc2ccc(OCCO)cc12. The molecule has 2 rings (SSSR count). The summed E-state index contributed by atoms with van der Waals surface area (Å²) in [4.78, 5) is 11.5. The molecule has 0 saturated carbocycles. The summed E-state index contributed by atoms with van der Waals surface area (Å²) in [6, 6.07) is 8.35. The van der Waals surface area contributed by atoms with E-state index in [1.54, 1.807) is 30.3 Å². The van der Waals surface area contributed by atoms with Crippen molar-refractivity contribution >= 4 is 16.7 Å². The zero-order valence-electron chi connectivity index (χ0n) is 11.3. The lowest BCUT2D eigenvalue weighted by Gasteiger charge is -2.12. The van der Waals surface area contributed by atoms with Gasteiger partial charge in [-0.3, -0.25) is 0 Å². The molecule has 0 aromatic heterocycles. The summed E-state index contributed by atoms with van der Waals surface area (Å²) in [5, 5.41) is 28.2. The number of carboxylic acid groups (broad SMARTS) is 1. The van der Waals surface area contributed by atoms with Gasteiger partial charge in [-0.2, -0.15) is 0 Å². The number of rotatable bonds is 7. The second-order valence-electron chi connectivity index (χ2n) is 4.27. The largest absolute Gasteiger partial charge is 0.491 e. The molecule has 0 amide bonds. The average molecular weight is 292 g/mol. The predicted octanol–water partition coefficient (Wildman–Crippen LogP) is 1.28. The summed E-state index contributed by atoms with van der Waals surface area (Å²) < 4.78 is 10.6. The van der Waals surface area contributed by atoms with Gasteiger partial charge in [-0.05, 0) is 23.6 Å². The molecule has 6 nitrogen and oxygen atoms in total. The Hall–Kier alpha value is -2.31. The van der Waals surface area contributed by atoms with E-state index in [0.717, 1.165) is 5.39 Å². The highest BCUT2D eigenvalue weighted by Gasteiger charge is 2.16. The molecule has 0 aliphatic heterocycles. The van der Waals surface area contributed by atoms with Crippen LogP contribution in [0.15, 0.2) is 30.3 Å². The van der Waals surface area contributed by atoms with Crippen molar-refractivity contribution in [3.8, 4) is 11.5 Å². The molecule has 0 radical (unpaired) electrons. The van der Waals surface area contributed by atoms with E-state index in [9.17, 15) is 9.90 Å². The molecule has 3 N–H and O–H groups in total. The van der Waals surface area contributed by atoms with Gasteiger partial charge in [0.15, 0.2) is 0 Å². The standard InChI is InChI=1S/C15H16O6/c16-5-7-20-11-3-1-10-2-4-13(21-8-6-17)14(15(18)19)12(10)9-11/h1-4,9,16-17H,5-8H2,(H,18,19). The molecule has 0 saturated heterocycles. The number of carbonyl (C=O) groups is 1. The van der Waals surface area contributed by atoms with E-state index in [2.05, 4.69) is 0 Å². The average Bonchev–Trinajstić information content (AvgIpc) is 2.49. The summed E-state index contributed by atoms with van der Waals surface area (Å²) in [6.45, 7) is -0.165. The highest BCUT2D eigenvalue weighted by molar-refractivity contribution is 6.06. The first-order valence-corrected chi connectivity index (χ1v) is 6.44. The van der Waals surface area contributed by atoms with Crippen molar-refractivity contribution in [3.05, 3.63) is 35.9 Å². The van der Waals surface area contributed by atoms with E-state index in [0.29, 0.717) is 11.1 Å². The Morgan fingerprint density at radius 2 is 1.67 bits per heavy atom. The van der Waals surface area contributed by atoms with Crippen LogP contribution in [0.1, 0.15) is 10.4 Å².